The molecule has 0 aromatic carbocycles. The predicted molar refractivity (Wildman–Crippen MR) is 81.2 cm³/mol. The monoisotopic (exact) mass is 315 g/mol. The maximum Gasteiger partial charge on any atom is 0.0764 e. The van der Waals surface area contributed by atoms with E-state index < -0.39 is 0 Å². The number of aromatic nitrogens is 2. The van der Waals surface area contributed by atoms with E-state index in [9.17, 15) is 0 Å². The molecule has 0 bridgehead atoms. The van der Waals surface area contributed by atoms with E-state index in [1.165, 1.54) is 12.1 Å². The quantitative estimate of drug-likeness (QED) is 0.645. The Balaban J connectivity index is 2.56. The Labute approximate surface area is 120 Å². The van der Waals surface area contributed by atoms with Crippen molar-refractivity contribution in [2.75, 3.05) is 18.4 Å². The van der Waals surface area contributed by atoms with Gasteiger partial charge in [0.15, 0.2) is 0 Å². The summed E-state index contributed by atoms with van der Waals surface area (Å²) < 4.78 is 2.13. The first-order chi connectivity index (χ1) is 8.74. The summed E-state index contributed by atoms with van der Waals surface area (Å²) in [5.41, 5.74) is 1.19. The summed E-state index contributed by atoms with van der Waals surface area (Å²) in [6.07, 6.45) is 5.63. The standard InChI is InChI=1S/C14H26BrN3/c1-4-14(5-2)18-11-8-13(16-18)12-17(6-3)10-7-9-15/h8,11,14H,4-7,9-10,12H2,1-3H3. The van der Waals surface area contributed by atoms with Crippen LogP contribution in [-0.4, -0.2) is 33.1 Å². The molecule has 0 atom stereocenters. The number of nitrogens with zero attached hydrogens (tertiary/aromatic N) is 3. The maximum absolute atomic E-state index is 4.71. The highest BCUT2D eigenvalue weighted by Gasteiger charge is 2.10. The lowest BCUT2D eigenvalue weighted by molar-refractivity contribution is 0.276. The number of alkyl halides is 1. The van der Waals surface area contributed by atoms with Crippen molar-refractivity contribution in [1.82, 2.24) is 14.7 Å². The van der Waals surface area contributed by atoms with Crippen LogP contribution in [-0.2, 0) is 6.54 Å². The Morgan fingerprint density at radius 1 is 1.33 bits per heavy atom. The highest BCUT2D eigenvalue weighted by atomic mass is 79.9. The molecule has 0 fully saturated rings. The van der Waals surface area contributed by atoms with Gasteiger partial charge in [0.05, 0.1) is 11.7 Å². The van der Waals surface area contributed by atoms with Gasteiger partial charge in [-0.15, -0.1) is 0 Å². The summed E-state index contributed by atoms with van der Waals surface area (Å²) in [4.78, 5) is 2.45. The van der Waals surface area contributed by atoms with Crippen LogP contribution in [0.15, 0.2) is 12.3 Å². The average molecular weight is 316 g/mol. The lowest BCUT2D eigenvalue weighted by atomic mass is 10.2. The first kappa shape index (κ1) is 15.7. The second-order valence-electron chi connectivity index (χ2n) is 4.67. The molecule has 104 valence electrons. The zero-order chi connectivity index (χ0) is 13.4. The van der Waals surface area contributed by atoms with Crippen molar-refractivity contribution >= 4 is 15.9 Å². The summed E-state index contributed by atoms with van der Waals surface area (Å²) in [5.74, 6) is 0. The van der Waals surface area contributed by atoms with Crippen LogP contribution in [0.25, 0.3) is 0 Å². The van der Waals surface area contributed by atoms with E-state index in [0.29, 0.717) is 6.04 Å². The molecule has 0 radical (unpaired) electrons. The molecule has 1 heterocycles. The first-order valence-corrected chi connectivity index (χ1v) is 8.19. The topological polar surface area (TPSA) is 21.1 Å². The molecule has 18 heavy (non-hydrogen) atoms. The van der Waals surface area contributed by atoms with Gasteiger partial charge in [-0.05, 0) is 38.4 Å². The van der Waals surface area contributed by atoms with E-state index in [-0.39, 0.29) is 0 Å². The molecule has 4 heteroatoms. The van der Waals surface area contributed by atoms with E-state index in [1.807, 2.05) is 0 Å². The molecule has 0 N–H and O–H groups in total. The van der Waals surface area contributed by atoms with Gasteiger partial charge in [0, 0.05) is 18.1 Å². The molecule has 0 amide bonds. The largest absolute Gasteiger partial charge is 0.298 e. The third-order valence-corrected chi connectivity index (χ3v) is 3.98. The summed E-state index contributed by atoms with van der Waals surface area (Å²) in [6, 6.07) is 2.71. The number of rotatable bonds is 9. The Bertz CT molecular complexity index is 321. The fourth-order valence-corrected chi connectivity index (χ4v) is 2.44. The zero-order valence-corrected chi connectivity index (χ0v) is 13.5. The number of hydrogen-bond acceptors (Lipinski definition) is 2. The molecule has 3 nitrogen and oxygen atoms in total. The van der Waals surface area contributed by atoms with E-state index in [4.69, 9.17) is 5.10 Å². The molecular weight excluding hydrogens is 290 g/mol. The Hall–Kier alpha value is -0.350. The normalized spacial score (nSPS) is 11.7. The van der Waals surface area contributed by atoms with Gasteiger partial charge in [-0.1, -0.05) is 36.7 Å². The van der Waals surface area contributed by atoms with Crippen molar-refractivity contribution in [1.29, 1.82) is 0 Å². The van der Waals surface area contributed by atoms with Crippen LogP contribution in [0.1, 0.15) is 51.8 Å². The van der Waals surface area contributed by atoms with Gasteiger partial charge in [-0.3, -0.25) is 9.58 Å². The fraction of sp³-hybridized carbons (Fsp3) is 0.786. The van der Waals surface area contributed by atoms with Crippen molar-refractivity contribution in [3.8, 4) is 0 Å². The van der Waals surface area contributed by atoms with Gasteiger partial charge in [-0.2, -0.15) is 5.10 Å². The molecule has 1 aromatic rings. The second kappa shape index (κ2) is 8.70. The Kier molecular flexibility index (Phi) is 7.59. The molecule has 1 rings (SSSR count). The minimum absolute atomic E-state index is 0.552. The van der Waals surface area contributed by atoms with Crippen LogP contribution >= 0.6 is 15.9 Å². The van der Waals surface area contributed by atoms with E-state index in [1.54, 1.807) is 0 Å². The van der Waals surface area contributed by atoms with Crippen molar-refractivity contribution in [3.05, 3.63) is 18.0 Å². The van der Waals surface area contributed by atoms with Gasteiger partial charge < -0.3 is 0 Å². The van der Waals surface area contributed by atoms with E-state index in [0.717, 1.165) is 37.8 Å². The van der Waals surface area contributed by atoms with Crippen LogP contribution in [0.2, 0.25) is 0 Å². The lowest BCUT2D eigenvalue weighted by Crippen LogP contribution is -2.24. The van der Waals surface area contributed by atoms with Gasteiger partial charge >= 0.3 is 0 Å². The summed E-state index contributed by atoms with van der Waals surface area (Å²) >= 11 is 3.49. The smallest absolute Gasteiger partial charge is 0.0764 e. The van der Waals surface area contributed by atoms with Gasteiger partial charge in [0.1, 0.15) is 0 Å². The molecule has 0 aliphatic carbocycles. The molecular formula is C14H26BrN3. The minimum Gasteiger partial charge on any atom is -0.298 e. The fourth-order valence-electron chi connectivity index (χ4n) is 2.19. The SMILES string of the molecule is CCC(CC)n1ccc(CN(CC)CCCBr)n1. The van der Waals surface area contributed by atoms with Crippen molar-refractivity contribution in [3.63, 3.8) is 0 Å². The molecule has 0 aliphatic rings. The summed E-state index contributed by atoms with van der Waals surface area (Å²) in [7, 11) is 0. The molecule has 0 saturated heterocycles. The van der Waals surface area contributed by atoms with Gasteiger partial charge in [-0.25, -0.2) is 0 Å². The van der Waals surface area contributed by atoms with Crippen molar-refractivity contribution in [2.24, 2.45) is 0 Å². The van der Waals surface area contributed by atoms with Crippen LogP contribution in [0.5, 0.6) is 0 Å². The highest BCUT2D eigenvalue weighted by molar-refractivity contribution is 9.09. The average Bonchev–Trinajstić information content (AvgIpc) is 2.84. The Morgan fingerprint density at radius 3 is 2.61 bits per heavy atom. The van der Waals surface area contributed by atoms with Crippen LogP contribution < -0.4 is 0 Å². The number of hydrogen-bond donors (Lipinski definition) is 0. The van der Waals surface area contributed by atoms with Crippen molar-refractivity contribution in [2.45, 2.75) is 52.6 Å². The maximum atomic E-state index is 4.71. The van der Waals surface area contributed by atoms with E-state index in [2.05, 4.69) is 58.5 Å². The molecule has 0 spiro atoms. The first-order valence-electron chi connectivity index (χ1n) is 7.07. The second-order valence-corrected chi connectivity index (χ2v) is 5.46. The third kappa shape index (κ3) is 4.73. The predicted octanol–water partition coefficient (Wildman–Crippen LogP) is 3.85. The van der Waals surface area contributed by atoms with Gasteiger partial charge in [0.2, 0.25) is 0 Å². The van der Waals surface area contributed by atoms with Crippen LogP contribution in [0.3, 0.4) is 0 Å². The van der Waals surface area contributed by atoms with Gasteiger partial charge in [0.25, 0.3) is 0 Å². The molecule has 1 aromatic heterocycles. The minimum atomic E-state index is 0.552. The molecule has 0 unspecified atom stereocenters. The zero-order valence-electron chi connectivity index (χ0n) is 11.9. The Morgan fingerprint density at radius 2 is 2.06 bits per heavy atom. The van der Waals surface area contributed by atoms with Crippen molar-refractivity contribution < 1.29 is 0 Å². The molecule has 0 saturated carbocycles. The highest BCUT2D eigenvalue weighted by Crippen LogP contribution is 2.15. The summed E-state index contributed by atoms with van der Waals surface area (Å²) in [6.45, 7) is 9.86. The van der Waals surface area contributed by atoms with E-state index >= 15 is 0 Å². The molecule has 0 aliphatic heterocycles. The summed E-state index contributed by atoms with van der Waals surface area (Å²) in [5, 5.41) is 5.79. The van der Waals surface area contributed by atoms with Crippen LogP contribution in [0, 0.1) is 0 Å². The lowest BCUT2D eigenvalue weighted by Gasteiger charge is -2.18. The number of halogens is 1. The third-order valence-electron chi connectivity index (χ3n) is 3.42. The van der Waals surface area contributed by atoms with Crippen LogP contribution in [0.4, 0.5) is 0 Å².